The highest BCUT2D eigenvalue weighted by Crippen LogP contribution is 2.31. The summed E-state index contributed by atoms with van der Waals surface area (Å²) in [5.41, 5.74) is 2.84. The Labute approximate surface area is 154 Å². The van der Waals surface area contributed by atoms with Gasteiger partial charge in [0, 0.05) is 31.2 Å². The minimum atomic E-state index is -0.243. The van der Waals surface area contributed by atoms with Gasteiger partial charge in [0.25, 0.3) is 0 Å². The van der Waals surface area contributed by atoms with Gasteiger partial charge in [-0.25, -0.2) is 0 Å². The molecule has 1 saturated heterocycles. The number of hydrogen-bond donors (Lipinski definition) is 1. The van der Waals surface area contributed by atoms with Gasteiger partial charge >= 0.3 is 0 Å². The first-order chi connectivity index (χ1) is 12.6. The Balaban J connectivity index is 1.69. The summed E-state index contributed by atoms with van der Waals surface area (Å²) in [6, 6.07) is 11.7. The van der Waals surface area contributed by atoms with E-state index in [1.165, 1.54) is 11.8 Å². The van der Waals surface area contributed by atoms with Gasteiger partial charge in [-0.1, -0.05) is 18.7 Å². The topological polar surface area (TPSA) is 54.3 Å². The number of anilines is 1. The summed E-state index contributed by atoms with van der Waals surface area (Å²) < 4.78 is 2.10. The summed E-state index contributed by atoms with van der Waals surface area (Å²) in [6.07, 6.45) is 6.85. The van der Waals surface area contributed by atoms with E-state index in [4.69, 9.17) is 0 Å². The number of aryl methyl sites for hydroxylation is 1. The number of hydrogen-bond acceptors (Lipinski definition) is 2. The van der Waals surface area contributed by atoms with Gasteiger partial charge < -0.3 is 14.8 Å². The van der Waals surface area contributed by atoms with Gasteiger partial charge in [-0.2, -0.15) is 0 Å². The second kappa shape index (κ2) is 8.04. The van der Waals surface area contributed by atoms with Crippen LogP contribution in [0.3, 0.4) is 0 Å². The molecule has 0 bridgehead atoms. The second-order valence-corrected chi connectivity index (χ2v) is 6.71. The number of aromatic nitrogens is 1. The largest absolute Gasteiger partial charge is 0.353 e. The smallest absolute Gasteiger partial charge is 0.247 e. The summed E-state index contributed by atoms with van der Waals surface area (Å²) >= 11 is 0. The molecule has 1 aliphatic heterocycles. The maximum absolute atomic E-state index is 12.9. The van der Waals surface area contributed by atoms with Crippen LogP contribution in [0, 0.1) is 0 Å². The van der Waals surface area contributed by atoms with Crippen LogP contribution in [0.1, 0.15) is 36.6 Å². The zero-order chi connectivity index (χ0) is 18.5. The monoisotopic (exact) mass is 351 g/mol. The maximum atomic E-state index is 12.9. The molecule has 136 valence electrons. The molecule has 2 amide bonds. The number of rotatable bonds is 5. The normalized spacial score (nSPS) is 17.0. The van der Waals surface area contributed by atoms with Crippen molar-refractivity contribution in [3.05, 3.63) is 66.5 Å². The van der Waals surface area contributed by atoms with Crippen LogP contribution in [-0.4, -0.2) is 27.8 Å². The van der Waals surface area contributed by atoms with Crippen molar-refractivity contribution in [2.75, 3.05) is 11.9 Å². The van der Waals surface area contributed by atoms with Crippen LogP contribution in [0.4, 0.5) is 5.69 Å². The Morgan fingerprint density at radius 3 is 2.65 bits per heavy atom. The molecular formula is C21H25N3O2. The van der Waals surface area contributed by atoms with Gasteiger partial charge in [0.1, 0.15) is 0 Å². The van der Waals surface area contributed by atoms with Crippen molar-refractivity contribution in [1.82, 2.24) is 9.47 Å². The fourth-order valence-corrected chi connectivity index (χ4v) is 3.53. The molecule has 1 atom stereocenters. The predicted molar refractivity (Wildman–Crippen MR) is 103 cm³/mol. The lowest BCUT2D eigenvalue weighted by atomic mass is 9.98. The first kappa shape index (κ1) is 18.0. The zero-order valence-corrected chi connectivity index (χ0v) is 15.1. The van der Waals surface area contributed by atoms with E-state index in [1.807, 2.05) is 48.5 Å². The Morgan fingerprint density at radius 2 is 2.00 bits per heavy atom. The molecule has 0 saturated carbocycles. The number of piperidine rings is 1. The molecule has 1 aliphatic rings. The highest BCUT2D eigenvalue weighted by molar-refractivity contribution is 5.98. The van der Waals surface area contributed by atoms with Crippen LogP contribution >= 0.6 is 0 Å². The molecule has 1 fully saturated rings. The molecule has 0 radical (unpaired) electrons. The summed E-state index contributed by atoms with van der Waals surface area (Å²) in [5.74, 6) is -0.0914. The van der Waals surface area contributed by atoms with Crippen LogP contribution in [0.25, 0.3) is 0 Å². The molecule has 1 unspecified atom stereocenters. The summed E-state index contributed by atoms with van der Waals surface area (Å²) in [7, 11) is 2.03. The summed E-state index contributed by atoms with van der Waals surface area (Å²) in [4.78, 5) is 26.3. The van der Waals surface area contributed by atoms with Gasteiger partial charge in [0.2, 0.25) is 11.8 Å². The molecule has 0 aliphatic carbocycles. The average Bonchev–Trinajstić information content (AvgIpc) is 3.09. The Hall–Kier alpha value is -2.82. The number of carbonyl (C=O) groups is 2. The lowest BCUT2D eigenvalue weighted by Gasteiger charge is -2.36. The number of nitrogens with one attached hydrogen (secondary N) is 1. The molecule has 5 nitrogen and oxygen atoms in total. The second-order valence-electron chi connectivity index (χ2n) is 6.71. The molecule has 3 rings (SSSR count). The van der Waals surface area contributed by atoms with Crippen LogP contribution in [-0.2, 0) is 23.1 Å². The highest BCUT2D eigenvalue weighted by atomic mass is 16.2. The molecule has 1 aromatic heterocycles. The molecule has 1 aromatic carbocycles. The first-order valence-electron chi connectivity index (χ1n) is 9.01. The minimum Gasteiger partial charge on any atom is -0.353 e. The van der Waals surface area contributed by atoms with Crippen LogP contribution < -0.4 is 5.32 Å². The third kappa shape index (κ3) is 4.04. The molecule has 5 heteroatoms. The molecule has 26 heavy (non-hydrogen) atoms. The third-order valence-electron chi connectivity index (χ3n) is 4.91. The molecular weight excluding hydrogens is 326 g/mol. The molecule has 2 aromatic rings. The van der Waals surface area contributed by atoms with E-state index in [-0.39, 0.29) is 17.9 Å². The van der Waals surface area contributed by atoms with Gasteiger partial charge in [-0.3, -0.25) is 9.59 Å². The van der Waals surface area contributed by atoms with E-state index in [0.717, 1.165) is 31.4 Å². The number of nitrogens with zero attached hydrogens (tertiary/aromatic N) is 2. The lowest BCUT2D eigenvalue weighted by molar-refractivity contribution is -0.134. The van der Waals surface area contributed by atoms with E-state index >= 15 is 0 Å². The van der Waals surface area contributed by atoms with Gasteiger partial charge in [0.15, 0.2) is 0 Å². The van der Waals surface area contributed by atoms with Crippen molar-refractivity contribution < 1.29 is 9.59 Å². The van der Waals surface area contributed by atoms with Crippen molar-refractivity contribution in [1.29, 1.82) is 0 Å². The lowest BCUT2D eigenvalue weighted by Crippen LogP contribution is -2.40. The standard InChI is InChI=1S/C21H25N3O2/c1-3-20(25)22-17-11-9-16(10-12-17)15-21(26)24-14-5-4-7-19(24)18-8-6-13-23(18)2/h3,6,8-13,19H,1,4-5,7,14-15H2,2H3,(H,22,25). The summed E-state index contributed by atoms with van der Waals surface area (Å²) in [6.45, 7) is 4.24. The first-order valence-corrected chi connectivity index (χ1v) is 9.01. The van der Waals surface area contributed by atoms with Crippen LogP contribution in [0.2, 0.25) is 0 Å². The Morgan fingerprint density at radius 1 is 1.23 bits per heavy atom. The number of likely N-dealkylation sites (tertiary alicyclic amines) is 1. The van der Waals surface area contributed by atoms with Gasteiger partial charge in [0.05, 0.1) is 12.5 Å². The van der Waals surface area contributed by atoms with E-state index in [1.54, 1.807) is 0 Å². The highest BCUT2D eigenvalue weighted by Gasteiger charge is 2.29. The van der Waals surface area contributed by atoms with E-state index < -0.39 is 0 Å². The average molecular weight is 351 g/mol. The summed E-state index contributed by atoms with van der Waals surface area (Å²) in [5, 5.41) is 2.71. The fraction of sp³-hybridized carbons (Fsp3) is 0.333. The molecule has 1 N–H and O–H groups in total. The third-order valence-corrected chi connectivity index (χ3v) is 4.91. The zero-order valence-electron chi connectivity index (χ0n) is 15.1. The van der Waals surface area contributed by atoms with Gasteiger partial charge in [-0.05, 0) is 55.2 Å². The van der Waals surface area contributed by atoms with Crippen molar-refractivity contribution in [2.45, 2.75) is 31.7 Å². The van der Waals surface area contributed by atoms with Crippen molar-refractivity contribution in [3.63, 3.8) is 0 Å². The van der Waals surface area contributed by atoms with Gasteiger partial charge in [-0.15, -0.1) is 0 Å². The van der Waals surface area contributed by atoms with Crippen molar-refractivity contribution >= 4 is 17.5 Å². The van der Waals surface area contributed by atoms with E-state index in [9.17, 15) is 9.59 Å². The number of amides is 2. The SMILES string of the molecule is C=CC(=O)Nc1ccc(CC(=O)N2CCCCC2c2cccn2C)cc1. The van der Waals surface area contributed by atoms with Crippen LogP contribution in [0.5, 0.6) is 0 Å². The molecule has 0 spiro atoms. The number of benzene rings is 1. The van der Waals surface area contributed by atoms with Crippen molar-refractivity contribution in [2.24, 2.45) is 7.05 Å². The quantitative estimate of drug-likeness (QED) is 0.839. The molecule has 2 heterocycles. The number of carbonyl (C=O) groups excluding carboxylic acids is 2. The maximum Gasteiger partial charge on any atom is 0.247 e. The fourth-order valence-electron chi connectivity index (χ4n) is 3.53. The Bertz CT molecular complexity index is 792. The predicted octanol–water partition coefficient (Wildman–Crippen LogP) is 3.45. The van der Waals surface area contributed by atoms with E-state index in [0.29, 0.717) is 12.1 Å². The Kier molecular flexibility index (Phi) is 5.56. The van der Waals surface area contributed by atoms with E-state index in [2.05, 4.69) is 22.5 Å². The van der Waals surface area contributed by atoms with Crippen LogP contribution in [0.15, 0.2) is 55.3 Å². The van der Waals surface area contributed by atoms with Crippen molar-refractivity contribution in [3.8, 4) is 0 Å². The minimum absolute atomic E-state index is 0.152.